The predicted octanol–water partition coefficient (Wildman–Crippen LogP) is 0.179. The molecule has 2 nitrogen and oxygen atoms in total. The van der Waals surface area contributed by atoms with Gasteiger partial charge in [0.2, 0.25) is 0 Å². The van der Waals surface area contributed by atoms with E-state index < -0.39 is 0 Å². The Balaban J connectivity index is 2.40. The van der Waals surface area contributed by atoms with E-state index in [0.717, 1.165) is 0 Å². The molecule has 0 rings (SSSR count). The molecule has 0 spiro atoms. The molecule has 0 heterocycles. The molecule has 0 aliphatic carbocycles. The van der Waals surface area contributed by atoms with E-state index in [1.165, 1.54) is 0 Å². The van der Waals surface area contributed by atoms with Gasteiger partial charge in [-0.2, -0.15) is 0 Å². The van der Waals surface area contributed by atoms with Crippen molar-refractivity contribution in [3.05, 3.63) is 0 Å². The van der Waals surface area contributed by atoms with Crippen molar-refractivity contribution < 1.29 is 9.53 Å². The number of ether oxygens (including phenoxy) is 1. The molecule has 0 aromatic rings. The van der Waals surface area contributed by atoms with Crippen molar-refractivity contribution in [2.24, 2.45) is 0 Å². The van der Waals surface area contributed by atoms with Crippen LogP contribution in [-0.2, 0) is 9.53 Å². The van der Waals surface area contributed by atoms with E-state index in [9.17, 15) is 4.79 Å². The molecule has 5 heavy (non-hydrogen) atoms. The van der Waals surface area contributed by atoms with Crippen molar-refractivity contribution in [1.82, 2.24) is 0 Å². The highest BCUT2D eigenvalue weighted by Crippen LogP contribution is 1.55. The summed E-state index contributed by atoms with van der Waals surface area (Å²) >= 11 is 0. The van der Waals surface area contributed by atoms with E-state index in [4.69, 9.17) is 0 Å². The van der Waals surface area contributed by atoms with Crippen LogP contribution in [0.2, 0.25) is 0 Å². The predicted molar refractivity (Wildman–Crippen MR) is 17.7 cm³/mol. The Bertz CT molecular complexity index is 26.1. The standard InChI is InChI=1S/C3H6O2/c1-2-5-3-4/h3H,2H2,1H3/i2+1. The third-order valence-electron chi connectivity index (χ3n) is 0.235. The number of hydrogen-bond acceptors (Lipinski definition) is 2. The molecule has 0 aliphatic heterocycles. The Morgan fingerprint density at radius 2 is 2.60 bits per heavy atom. The van der Waals surface area contributed by atoms with Crippen LogP contribution in [0.25, 0.3) is 0 Å². The first-order chi connectivity index (χ1) is 2.41. The Labute approximate surface area is 30.7 Å². The number of rotatable bonds is 2. The monoisotopic (exact) mass is 75.0 g/mol. The highest BCUT2D eigenvalue weighted by atomic mass is 16.6. The zero-order chi connectivity index (χ0) is 4.12. The van der Waals surface area contributed by atoms with Crippen molar-refractivity contribution in [3.63, 3.8) is 0 Å². The average molecular weight is 75.1 g/mol. The molecule has 0 saturated heterocycles. The van der Waals surface area contributed by atoms with Gasteiger partial charge in [0, 0.05) is 0 Å². The van der Waals surface area contributed by atoms with Crippen LogP contribution >= 0.6 is 0 Å². The van der Waals surface area contributed by atoms with Gasteiger partial charge in [0.05, 0.1) is 6.61 Å². The molecule has 0 aromatic heterocycles. The van der Waals surface area contributed by atoms with Crippen molar-refractivity contribution in [1.29, 1.82) is 0 Å². The van der Waals surface area contributed by atoms with Crippen LogP contribution in [0.15, 0.2) is 0 Å². The highest BCUT2D eigenvalue weighted by Gasteiger charge is 1.60. The SMILES string of the molecule is C[13CH2]OC=O. The quantitative estimate of drug-likeness (QED) is 0.345. The molecule has 0 unspecified atom stereocenters. The molecule has 0 bridgehead atoms. The van der Waals surface area contributed by atoms with Crippen LogP contribution in [-0.4, -0.2) is 13.1 Å². The van der Waals surface area contributed by atoms with Gasteiger partial charge >= 0.3 is 0 Å². The van der Waals surface area contributed by atoms with Crippen molar-refractivity contribution in [2.45, 2.75) is 6.92 Å². The second kappa shape index (κ2) is 3.47. The number of carbonyl (C=O) groups is 1. The molecule has 0 atom stereocenters. The molecular formula is C3H6O2. The second-order valence-electron chi connectivity index (χ2n) is 0.552. The fraction of sp³-hybridized carbons (Fsp3) is 0.667. The number of carbonyl (C=O) groups excluding carboxylic acids is 1. The summed E-state index contributed by atoms with van der Waals surface area (Å²) in [5.74, 6) is 0. The molecule has 30 valence electrons. The fourth-order valence-corrected chi connectivity index (χ4v) is 0.0680. The van der Waals surface area contributed by atoms with E-state index >= 15 is 0 Å². The van der Waals surface area contributed by atoms with Crippen LogP contribution in [0.4, 0.5) is 0 Å². The summed E-state index contributed by atoms with van der Waals surface area (Å²) in [6, 6.07) is 0. The van der Waals surface area contributed by atoms with Gasteiger partial charge in [0.15, 0.2) is 0 Å². The lowest BCUT2D eigenvalue weighted by molar-refractivity contribution is -0.128. The van der Waals surface area contributed by atoms with Gasteiger partial charge in [-0.25, -0.2) is 0 Å². The van der Waals surface area contributed by atoms with Gasteiger partial charge in [-0.1, -0.05) is 0 Å². The first-order valence-corrected chi connectivity index (χ1v) is 1.47. The lowest BCUT2D eigenvalue weighted by Crippen LogP contribution is -1.80. The van der Waals surface area contributed by atoms with Crippen LogP contribution in [0.1, 0.15) is 6.92 Å². The molecule has 0 N–H and O–H groups in total. The van der Waals surface area contributed by atoms with Crippen LogP contribution in [0.5, 0.6) is 0 Å². The van der Waals surface area contributed by atoms with Gasteiger partial charge in [0.1, 0.15) is 0 Å². The minimum absolute atomic E-state index is 0.431. The Kier molecular flexibility index (Phi) is 3.10. The minimum atomic E-state index is 0.431. The molecule has 0 fully saturated rings. The first kappa shape index (κ1) is 4.47. The van der Waals surface area contributed by atoms with Gasteiger partial charge < -0.3 is 4.74 Å². The summed E-state index contributed by atoms with van der Waals surface area (Å²) < 4.78 is 4.15. The topological polar surface area (TPSA) is 26.3 Å². The normalized spacial score (nSPS) is 6.60. The van der Waals surface area contributed by atoms with Crippen molar-refractivity contribution in [3.8, 4) is 0 Å². The summed E-state index contributed by atoms with van der Waals surface area (Å²) in [5.41, 5.74) is 0. The molecule has 0 amide bonds. The zero-order valence-corrected chi connectivity index (χ0v) is 3.10. The van der Waals surface area contributed by atoms with E-state index in [1.807, 2.05) is 0 Å². The minimum Gasteiger partial charge on any atom is -0.468 e. The van der Waals surface area contributed by atoms with Crippen LogP contribution in [0.3, 0.4) is 0 Å². The third kappa shape index (κ3) is 3.47. The van der Waals surface area contributed by atoms with E-state index in [2.05, 4.69) is 4.74 Å². The summed E-state index contributed by atoms with van der Waals surface area (Å²) in [7, 11) is 0. The first-order valence-electron chi connectivity index (χ1n) is 1.47. The summed E-state index contributed by atoms with van der Waals surface area (Å²) in [6.07, 6.45) is 0. The van der Waals surface area contributed by atoms with E-state index in [0.29, 0.717) is 13.1 Å². The van der Waals surface area contributed by atoms with E-state index in [-0.39, 0.29) is 0 Å². The van der Waals surface area contributed by atoms with Gasteiger partial charge in [0.25, 0.3) is 6.47 Å². The number of hydrogen-bond donors (Lipinski definition) is 0. The van der Waals surface area contributed by atoms with Crippen LogP contribution in [0, 0.1) is 0 Å². The van der Waals surface area contributed by atoms with Crippen molar-refractivity contribution in [2.75, 3.05) is 6.61 Å². The maximum atomic E-state index is 9.18. The van der Waals surface area contributed by atoms with E-state index in [1.54, 1.807) is 6.92 Å². The molecule has 2 heteroatoms. The Morgan fingerprint density at radius 3 is 2.60 bits per heavy atom. The lowest BCUT2D eigenvalue weighted by Gasteiger charge is -1.79. The smallest absolute Gasteiger partial charge is 0.293 e. The molecule has 0 saturated carbocycles. The fourth-order valence-electron chi connectivity index (χ4n) is 0.0680. The third-order valence-corrected chi connectivity index (χ3v) is 0.235. The van der Waals surface area contributed by atoms with Gasteiger partial charge in [-0.3, -0.25) is 4.79 Å². The maximum Gasteiger partial charge on any atom is 0.293 e. The Morgan fingerprint density at radius 1 is 2.00 bits per heavy atom. The molecule has 0 radical (unpaired) electrons. The molecule has 0 aromatic carbocycles. The average Bonchev–Trinajstić information content (AvgIpc) is 1.41. The Hall–Kier alpha value is -0.530. The highest BCUT2D eigenvalue weighted by molar-refractivity contribution is 5.36. The lowest BCUT2D eigenvalue weighted by atomic mass is 11.3. The maximum absolute atomic E-state index is 9.18. The van der Waals surface area contributed by atoms with Crippen molar-refractivity contribution >= 4 is 6.47 Å². The zero-order valence-electron chi connectivity index (χ0n) is 3.10. The summed E-state index contributed by atoms with van der Waals surface area (Å²) in [6.45, 7) is 2.66. The largest absolute Gasteiger partial charge is 0.468 e. The van der Waals surface area contributed by atoms with Gasteiger partial charge in [-0.05, 0) is 6.92 Å². The summed E-state index contributed by atoms with van der Waals surface area (Å²) in [4.78, 5) is 9.18. The second-order valence-corrected chi connectivity index (χ2v) is 0.552. The molecule has 0 aliphatic rings. The molecular weight excluding hydrogens is 69.0 g/mol. The summed E-state index contributed by atoms with van der Waals surface area (Å²) in [5, 5.41) is 0. The van der Waals surface area contributed by atoms with Crippen LogP contribution < -0.4 is 0 Å². The van der Waals surface area contributed by atoms with Gasteiger partial charge in [-0.15, -0.1) is 0 Å².